The lowest BCUT2D eigenvalue weighted by molar-refractivity contribution is 0.403. The third kappa shape index (κ3) is 3.24. The zero-order valence-electron chi connectivity index (χ0n) is 12.2. The van der Waals surface area contributed by atoms with Gasteiger partial charge in [-0.3, -0.25) is 5.84 Å². The maximum Gasteiger partial charge on any atom is 0.124 e. The molecule has 1 unspecified atom stereocenters. The van der Waals surface area contributed by atoms with Crippen LogP contribution in [0.1, 0.15) is 28.3 Å². The Morgan fingerprint density at radius 2 is 2.00 bits per heavy atom. The molecule has 0 aliphatic carbocycles. The molecule has 0 saturated carbocycles. The first kappa shape index (κ1) is 16.3. The van der Waals surface area contributed by atoms with Crippen LogP contribution in [0.25, 0.3) is 0 Å². The number of hydrogen-bond acceptors (Lipinski definition) is 3. The third-order valence-electron chi connectivity index (χ3n) is 3.46. The first-order chi connectivity index (χ1) is 9.99. The molecule has 0 bridgehead atoms. The summed E-state index contributed by atoms with van der Waals surface area (Å²) in [6.45, 7) is 4.08. The second-order valence-corrected chi connectivity index (χ2v) is 6.17. The molecule has 3 N–H and O–H groups in total. The number of rotatable bonds is 4. The molecule has 2 rings (SSSR count). The molecule has 21 heavy (non-hydrogen) atoms. The smallest absolute Gasteiger partial charge is 0.124 e. The summed E-state index contributed by atoms with van der Waals surface area (Å²) < 4.78 is 6.37. The first-order valence-electron chi connectivity index (χ1n) is 6.54. The molecule has 2 aromatic carbocycles. The van der Waals surface area contributed by atoms with Crippen molar-refractivity contribution in [3.05, 3.63) is 62.1 Å². The van der Waals surface area contributed by atoms with E-state index >= 15 is 0 Å². The van der Waals surface area contributed by atoms with E-state index in [0.717, 1.165) is 32.5 Å². The topological polar surface area (TPSA) is 47.3 Å². The number of hydrogen-bond donors (Lipinski definition) is 2. The van der Waals surface area contributed by atoms with Crippen LogP contribution >= 0.6 is 27.5 Å². The van der Waals surface area contributed by atoms with Crippen molar-refractivity contribution in [3.8, 4) is 5.75 Å². The van der Waals surface area contributed by atoms with E-state index in [2.05, 4.69) is 27.4 Å². The minimum atomic E-state index is -0.245. The zero-order chi connectivity index (χ0) is 15.6. The number of hydrazine groups is 1. The van der Waals surface area contributed by atoms with E-state index in [1.165, 1.54) is 0 Å². The van der Waals surface area contributed by atoms with Gasteiger partial charge >= 0.3 is 0 Å². The predicted molar refractivity (Wildman–Crippen MR) is 90.8 cm³/mol. The van der Waals surface area contributed by atoms with Gasteiger partial charge in [-0.1, -0.05) is 29.8 Å². The number of benzene rings is 2. The number of ether oxygens (including phenoxy) is 1. The molecule has 2 aromatic rings. The Kier molecular flexibility index (Phi) is 5.27. The normalized spacial score (nSPS) is 12.3. The van der Waals surface area contributed by atoms with Gasteiger partial charge in [-0.15, -0.1) is 0 Å². The fourth-order valence-electron chi connectivity index (χ4n) is 2.55. The number of methoxy groups -OCH3 is 1. The molecule has 5 heteroatoms. The quantitative estimate of drug-likeness (QED) is 0.624. The van der Waals surface area contributed by atoms with Gasteiger partial charge in [0.15, 0.2) is 0 Å². The minimum absolute atomic E-state index is 0.245. The van der Waals surface area contributed by atoms with Crippen molar-refractivity contribution in [2.75, 3.05) is 7.11 Å². The van der Waals surface area contributed by atoms with E-state index in [-0.39, 0.29) is 6.04 Å². The largest absolute Gasteiger partial charge is 0.496 e. The van der Waals surface area contributed by atoms with Crippen molar-refractivity contribution in [1.82, 2.24) is 5.43 Å². The Hall–Kier alpha value is -1.07. The van der Waals surface area contributed by atoms with Crippen LogP contribution in [0.5, 0.6) is 5.75 Å². The Morgan fingerprint density at radius 3 is 2.62 bits per heavy atom. The van der Waals surface area contributed by atoms with Crippen LogP contribution in [-0.2, 0) is 0 Å². The Balaban J connectivity index is 2.64. The van der Waals surface area contributed by atoms with Crippen molar-refractivity contribution in [2.45, 2.75) is 19.9 Å². The van der Waals surface area contributed by atoms with Crippen molar-refractivity contribution in [2.24, 2.45) is 5.84 Å². The zero-order valence-corrected chi connectivity index (χ0v) is 14.5. The maximum atomic E-state index is 6.41. The van der Waals surface area contributed by atoms with Crippen molar-refractivity contribution < 1.29 is 4.74 Å². The molecule has 0 fully saturated rings. The highest BCUT2D eigenvalue weighted by atomic mass is 79.9. The maximum absolute atomic E-state index is 6.41. The predicted octanol–water partition coefficient (Wildman–Crippen LogP) is 4.28. The van der Waals surface area contributed by atoms with E-state index in [1.54, 1.807) is 7.11 Å². The minimum Gasteiger partial charge on any atom is -0.496 e. The van der Waals surface area contributed by atoms with Crippen LogP contribution < -0.4 is 16.0 Å². The van der Waals surface area contributed by atoms with Gasteiger partial charge in [0.05, 0.1) is 18.2 Å². The molecule has 0 radical (unpaired) electrons. The fraction of sp³-hybridized carbons (Fsp3) is 0.250. The molecule has 112 valence electrons. The van der Waals surface area contributed by atoms with Crippen molar-refractivity contribution >= 4 is 27.5 Å². The van der Waals surface area contributed by atoms with E-state index < -0.39 is 0 Å². The Morgan fingerprint density at radius 1 is 1.29 bits per heavy atom. The Labute approximate surface area is 138 Å². The molecule has 0 heterocycles. The molecule has 1 atom stereocenters. The summed E-state index contributed by atoms with van der Waals surface area (Å²) in [4.78, 5) is 0. The summed E-state index contributed by atoms with van der Waals surface area (Å²) in [6, 6.07) is 9.65. The van der Waals surface area contributed by atoms with E-state index in [4.69, 9.17) is 22.2 Å². The van der Waals surface area contributed by atoms with E-state index in [1.807, 2.05) is 38.1 Å². The number of halogens is 2. The lowest BCUT2D eigenvalue weighted by Gasteiger charge is -2.23. The molecular weight excluding hydrogens is 352 g/mol. The van der Waals surface area contributed by atoms with Crippen LogP contribution in [0.2, 0.25) is 5.02 Å². The van der Waals surface area contributed by atoms with Gasteiger partial charge < -0.3 is 4.74 Å². The molecule has 0 aromatic heterocycles. The van der Waals surface area contributed by atoms with Gasteiger partial charge in [-0.25, -0.2) is 5.43 Å². The van der Waals surface area contributed by atoms with Crippen LogP contribution in [0.3, 0.4) is 0 Å². The van der Waals surface area contributed by atoms with E-state index in [0.29, 0.717) is 5.02 Å². The second kappa shape index (κ2) is 6.79. The lowest BCUT2D eigenvalue weighted by atomic mass is 9.93. The van der Waals surface area contributed by atoms with Gasteiger partial charge in [0.1, 0.15) is 5.75 Å². The molecular formula is C16H18BrClN2O. The van der Waals surface area contributed by atoms with Crippen LogP contribution in [-0.4, -0.2) is 7.11 Å². The average molecular weight is 370 g/mol. The van der Waals surface area contributed by atoms with Crippen LogP contribution in [0, 0.1) is 13.8 Å². The highest BCUT2D eigenvalue weighted by Gasteiger charge is 2.22. The number of aryl methyl sites for hydroxylation is 2. The highest BCUT2D eigenvalue weighted by Crippen LogP contribution is 2.38. The monoisotopic (exact) mass is 368 g/mol. The molecule has 0 aliphatic rings. The summed E-state index contributed by atoms with van der Waals surface area (Å²) >= 11 is 9.86. The van der Waals surface area contributed by atoms with E-state index in [9.17, 15) is 0 Å². The Bertz CT molecular complexity index is 661. The first-order valence-corrected chi connectivity index (χ1v) is 7.71. The fourth-order valence-corrected chi connectivity index (χ4v) is 3.17. The average Bonchev–Trinajstić information content (AvgIpc) is 2.45. The summed E-state index contributed by atoms with van der Waals surface area (Å²) in [5, 5.41) is 0.641. The lowest BCUT2D eigenvalue weighted by Crippen LogP contribution is -2.30. The molecule has 0 amide bonds. The highest BCUT2D eigenvalue weighted by molar-refractivity contribution is 9.10. The second-order valence-electron chi connectivity index (χ2n) is 4.94. The van der Waals surface area contributed by atoms with Gasteiger partial charge in [0, 0.05) is 10.0 Å². The number of nitrogens with one attached hydrogen (secondary N) is 1. The van der Waals surface area contributed by atoms with Gasteiger partial charge in [-0.2, -0.15) is 0 Å². The van der Waals surface area contributed by atoms with Crippen molar-refractivity contribution in [3.63, 3.8) is 0 Å². The van der Waals surface area contributed by atoms with Crippen LogP contribution in [0.4, 0.5) is 0 Å². The summed E-state index contributed by atoms with van der Waals surface area (Å²) in [7, 11) is 1.66. The molecule has 0 aliphatic heterocycles. The van der Waals surface area contributed by atoms with Crippen molar-refractivity contribution in [1.29, 1.82) is 0 Å². The molecule has 0 saturated heterocycles. The summed E-state index contributed by atoms with van der Waals surface area (Å²) in [5.74, 6) is 6.60. The van der Waals surface area contributed by atoms with Crippen LogP contribution in [0.15, 0.2) is 34.8 Å². The van der Waals surface area contributed by atoms with Gasteiger partial charge in [0.2, 0.25) is 0 Å². The third-order valence-corrected chi connectivity index (χ3v) is 4.77. The summed E-state index contributed by atoms with van der Waals surface area (Å²) in [5.41, 5.74) is 6.99. The molecule has 0 spiro atoms. The van der Waals surface area contributed by atoms with Gasteiger partial charge in [-0.05, 0) is 58.6 Å². The standard InChI is InChI=1S/C16H18BrClN2O/c1-9-7-10(2)14(13(8-9)21-3)16(20-19)11-5-4-6-12(17)15(11)18/h4-8,16,20H,19H2,1-3H3. The van der Waals surface area contributed by atoms with Gasteiger partial charge in [0.25, 0.3) is 0 Å². The SMILES string of the molecule is COc1cc(C)cc(C)c1C(NN)c1cccc(Br)c1Cl. The summed E-state index contributed by atoms with van der Waals surface area (Å²) in [6.07, 6.45) is 0. The number of nitrogens with two attached hydrogens (primary N) is 1. The molecule has 3 nitrogen and oxygen atoms in total.